The van der Waals surface area contributed by atoms with Crippen molar-refractivity contribution in [3.05, 3.63) is 35.9 Å². The summed E-state index contributed by atoms with van der Waals surface area (Å²) in [6.07, 6.45) is 0.872. The van der Waals surface area contributed by atoms with Crippen molar-refractivity contribution >= 4 is 24.2 Å². The van der Waals surface area contributed by atoms with Crippen LogP contribution in [-0.4, -0.2) is 46.3 Å². The predicted octanol–water partition coefficient (Wildman–Crippen LogP) is 2.86. The zero-order chi connectivity index (χ0) is 20.6. The molecule has 1 radical (unpaired) electrons. The number of imide groups is 1. The number of rotatable bonds is 9. The van der Waals surface area contributed by atoms with Gasteiger partial charge in [0, 0.05) is 5.56 Å². The second-order valence-electron chi connectivity index (χ2n) is 7.27. The first kappa shape index (κ1) is 22.3. The number of nitrogens with zero attached hydrogens (tertiary/aromatic N) is 1. The van der Waals surface area contributed by atoms with Crippen molar-refractivity contribution in [1.82, 2.24) is 10.2 Å². The minimum atomic E-state index is -1.36. The molecule has 0 aliphatic heterocycles. The molecule has 147 valence electrons. The van der Waals surface area contributed by atoms with Crippen molar-refractivity contribution in [2.24, 2.45) is 11.8 Å². The monoisotopic (exact) mass is 375 g/mol. The van der Waals surface area contributed by atoms with Crippen molar-refractivity contribution in [1.29, 1.82) is 0 Å². The molecule has 0 aliphatic carbocycles. The van der Waals surface area contributed by atoms with Crippen LogP contribution < -0.4 is 5.32 Å². The van der Waals surface area contributed by atoms with E-state index in [0.717, 1.165) is 4.90 Å². The molecule has 0 bridgehead atoms. The SMILES string of the molecule is CC(C)C[C@H](NC(=O)O)C(=O)N(C(=O)c1ccccc1)[C@H]([C]=O)CC(C)C. The molecule has 0 aliphatic rings. The van der Waals surface area contributed by atoms with Gasteiger partial charge in [0.1, 0.15) is 12.1 Å². The Hall–Kier alpha value is -2.70. The van der Waals surface area contributed by atoms with E-state index in [0.29, 0.717) is 0 Å². The number of nitrogens with one attached hydrogen (secondary N) is 1. The molecular weight excluding hydrogens is 348 g/mol. The van der Waals surface area contributed by atoms with Crippen LogP contribution in [0.2, 0.25) is 0 Å². The molecule has 27 heavy (non-hydrogen) atoms. The van der Waals surface area contributed by atoms with Crippen LogP contribution in [0.25, 0.3) is 0 Å². The van der Waals surface area contributed by atoms with Gasteiger partial charge in [-0.05, 0) is 36.8 Å². The minimum Gasteiger partial charge on any atom is -0.465 e. The van der Waals surface area contributed by atoms with E-state index in [1.54, 1.807) is 36.6 Å². The summed E-state index contributed by atoms with van der Waals surface area (Å²) in [7, 11) is 0. The van der Waals surface area contributed by atoms with E-state index in [1.807, 2.05) is 27.7 Å². The predicted molar refractivity (Wildman–Crippen MR) is 101 cm³/mol. The van der Waals surface area contributed by atoms with Crippen LogP contribution in [0.5, 0.6) is 0 Å². The number of amides is 3. The van der Waals surface area contributed by atoms with Gasteiger partial charge in [-0.25, -0.2) is 4.79 Å². The molecule has 0 unspecified atom stereocenters. The van der Waals surface area contributed by atoms with Gasteiger partial charge in [0.25, 0.3) is 11.8 Å². The molecule has 1 aromatic rings. The summed E-state index contributed by atoms with van der Waals surface area (Å²) >= 11 is 0. The summed E-state index contributed by atoms with van der Waals surface area (Å²) in [5.41, 5.74) is 0.244. The molecule has 0 spiro atoms. The van der Waals surface area contributed by atoms with Crippen molar-refractivity contribution < 1.29 is 24.3 Å². The standard InChI is InChI=1S/C20H27N2O5/c1-13(2)10-16(12-23)22(18(24)15-8-6-5-7-9-15)19(25)17(11-14(3)4)21-20(26)27/h5-9,13-14,16-17,21H,10-11H2,1-4H3,(H,26,27)/t16-,17-/m0/s1. The first-order valence-corrected chi connectivity index (χ1v) is 8.96. The third-order valence-electron chi connectivity index (χ3n) is 3.92. The van der Waals surface area contributed by atoms with Gasteiger partial charge < -0.3 is 10.4 Å². The second-order valence-corrected chi connectivity index (χ2v) is 7.27. The van der Waals surface area contributed by atoms with E-state index in [2.05, 4.69) is 5.32 Å². The van der Waals surface area contributed by atoms with Crippen LogP contribution in [0.1, 0.15) is 50.9 Å². The third-order valence-corrected chi connectivity index (χ3v) is 3.92. The molecule has 0 heterocycles. The zero-order valence-corrected chi connectivity index (χ0v) is 16.1. The maximum absolute atomic E-state index is 13.1. The molecule has 1 aromatic carbocycles. The van der Waals surface area contributed by atoms with Crippen LogP contribution in [0.4, 0.5) is 4.79 Å². The summed E-state index contributed by atoms with van der Waals surface area (Å²) in [5.74, 6) is -1.35. The van der Waals surface area contributed by atoms with Crippen molar-refractivity contribution in [2.45, 2.75) is 52.6 Å². The number of benzene rings is 1. The van der Waals surface area contributed by atoms with Gasteiger partial charge in [0.15, 0.2) is 0 Å². The van der Waals surface area contributed by atoms with E-state index >= 15 is 0 Å². The van der Waals surface area contributed by atoms with Crippen LogP contribution in [0, 0.1) is 11.8 Å². The Morgan fingerprint density at radius 3 is 2.04 bits per heavy atom. The highest BCUT2D eigenvalue weighted by Gasteiger charge is 2.36. The zero-order valence-electron chi connectivity index (χ0n) is 16.1. The average molecular weight is 375 g/mol. The van der Waals surface area contributed by atoms with Crippen LogP contribution in [-0.2, 0) is 9.59 Å². The molecule has 0 saturated heterocycles. The van der Waals surface area contributed by atoms with Crippen molar-refractivity contribution in [2.75, 3.05) is 0 Å². The van der Waals surface area contributed by atoms with Gasteiger partial charge in [-0.2, -0.15) is 0 Å². The Balaban J connectivity index is 3.31. The van der Waals surface area contributed by atoms with E-state index < -0.39 is 30.0 Å². The van der Waals surface area contributed by atoms with E-state index in [-0.39, 0.29) is 30.2 Å². The minimum absolute atomic E-state index is 0.00300. The highest BCUT2D eigenvalue weighted by atomic mass is 16.4. The van der Waals surface area contributed by atoms with Crippen LogP contribution in [0.3, 0.4) is 0 Å². The highest BCUT2D eigenvalue weighted by Crippen LogP contribution is 2.18. The molecule has 7 heteroatoms. The topological polar surface area (TPSA) is 104 Å². The molecule has 2 atom stereocenters. The number of carbonyl (C=O) groups excluding carboxylic acids is 3. The van der Waals surface area contributed by atoms with Crippen molar-refractivity contribution in [3.63, 3.8) is 0 Å². The lowest BCUT2D eigenvalue weighted by molar-refractivity contribution is -0.132. The molecule has 0 fully saturated rings. The number of hydrogen-bond donors (Lipinski definition) is 2. The summed E-state index contributed by atoms with van der Waals surface area (Å²) in [6.45, 7) is 7.40. The Labute approximate surface area is 159 Å². The fraction of sp³-hybridized carbons (Fsp3) is 0.500. The Bertz CT molecular complexity index is 658. The Morgan fingerprint density at radius 1 is 1.04 bits per heavy atom. The molecule has 0 aromatic heterocycles. The van der Waals surface area contributed by atoms with E-state index in [9.17, 15) is 19.2 Å². The smallest absolute Gasteiger partial charge is 0.405 e. The lowest BCUT2D eigenvalue weighted by Crippen LogP contribution is -2.55. The fourth-order valence-electron chi connectivity index (χ4n) is 2.78. The molecule has 3 amide bonds. The highest BCUT2D eigenvalue weighted by molar-refractivity contribution is 6.08. The Morgan fingerprint density at radius 2 is 1.59 bits per heavy atom. The van der Waals surface area contributed by atoms with Gasteiger partial charge in [0.05, 0.1) is 0 Å². The van der Waals surface area contributed by atoms with Gasteiger partial charge in [0.2, 0.25) is 6.29 Å². The van der Waals surface area contributed by atoms with E-state index in [1.165, 1.54) is 0 Å². The van der Waals surface area contributed by atoms with E-state index in [4.69, 9.17) is 5.11 Å². The van der Waals surface area contributed by atoms with Crippen molar-refractivity contribution in [3.8, 4) is 0 Å². The maximum Gasteiger partial charge on any atom is 0.405 e. The molecule has 7 nitrogen and oxygen atoms in total. The van der Waals surface area contributed by atoms with Gasteiger partial charge in [-0.3, -0.25) is 19.3 Å². The van der Waals surface area contributed by atoms with Gasteiger partial charge in [-0.15, -0.1) is 0 Å². The number of carboxylic acid groups (broad SMARTS) is 1. The maximum atomic E-state index is 13.1. The van der Waals surface area contributed by atoms with Gasteiger partial charge in [-0.1, -0.05) is 45.9 Å². The molecule has 1 rings (SSSR count). The summed E-state index contributed by atoms with van der Waals surface area (Å²) in [5, 5.41) is 11.3. The third kappa shape index (κ3) is 6.84. The quantitative estimate of drug-likeness (QED) is 0.691. The molecule has 0 saturated carbocycles. The first-order valence-electron chi connectivity index (χ1n) is 8.96. The molecule has 2 N–H and O–H groups in total. The normalized spacial score (nSPS) is 13.1. The first-order chi connectivity index (χ1) is 12.7. The second kappa shape index (κ2) is 10.4. The fourth-order valence-corrected chi connectivity index (χ4v) is 2.78. The summed E-state index contributed by atoms with van der Waals surface area (Å²) < 4.78 is 0. The van der Waals surface area contributed by atoms with Crippen LogP contribution >= 0.6 is 0 Å². The summed E-state index contributed by atoms with van der Waals surface area (Å²) in [6, 6.07) is 5.91. The average Bonchev–Trinajstić information content (AvgIpc) is 2.59. The largest absolute Gasteiger partial charge is 0.465 e. The molecular formula is C20H27N2O5. The summed E-state index contributed by atoms with van der Waals surface area (Å²) in [4.78, 5) is 49.7. The lowest BCUT2D eigenvalue weighted by atomic mass is 9.98. The number of hydrogen-bond acceptors (Lipinski definition) is 4. The van der Waals surface area contributed by atoms with Gasteiger partial charge >= 0.3 is 6.09 Å². The van der Waals surface area contributed by atoms with Crippen LogP contribution in [0.15, 0.2) is 30.3 Å². The number of carbonyl (C=O) groups is 3. The lowest BCUT2D eigenvalue weighted by Gasteiger charge is -2.31. The Kier molecular flexibility index (Phi) is 8.65.